The van der Waals surface area contributed by atoms with Crippen molar-refractivity contribution in [3.63, 3.8) is 0 Å². The Bertz CT molecular complexity index is 97.7. The van der Waals surface area contributed by atoms with Gasteiger partial charge < -0.3 is 7.96 Å². The van der Waals surface area contributed by atoms with E-state index in [1.807, 2.05) is 0 Å². The summed E-state index contributed by atoms with van der Waals surface area (Å²) < 4.78 is 22.3. The fraction of sp³-hybridized carbons (Fsp3) is 0.500. The molecule has 0 heterocycles. The van der Waals surface area contributed by atoms with Gasteiger partial charge in [-0.1, -0.05) is 0 Å². The van der Waals surface area contributed by atoms with Crippen LogP contribution < -0.4 is 0 Å². The van der Waals surface area contributed by atoms with Gasteiger partial charge in [0.05, 0.1) is 0 Å². The molecule has 0 fully saturated rings. The fourth-order valence-electron chi connectivity index (χ4n) is 0. The molecule has 0 atom stereocenters. The van der Waals surface area contributed by atoms with E-state index in [4.69, 9.17) is 5.11 Å². The molecule has 2 nitrogen and oxygen atoms in total. The summed E-state index contributed by atoms with van der Waals surface area (Å²) >= 11 is 1.61. The first kappa shape index (κ1) is 11.4. The van der Waals surface area contributed by atoms with Crippen molar-refractivity contribution in [2.24, 2.45) is 0 Å². The summed E-state index contributed by atoms with van der Waals surface area (Å²) in [5.41, 5.74) is 0. The minimum atomic E-state index is -3.77. The normalized spacial score (nSPS) is 9.88. The molecule has 0 rings (SSSR count). The topological polar surface area (TPSA) is 37.3 Å². The van der Waals surface area contributed by atoms with E-state index in [9.17, 15) is 13.6 Å². The number of halogens is 3. The standard InChI is InChI=1S/C2HBrF2O2.Mg.2H/c3-2(4,5)1(6)7;;;/h(H,6,7);;;/q;+2;2*-1. The Hall–Kier alpha value is 0.576. The number of carboxylic acid groups (broad SMARTS) is 1. The summed E-state index contributed by atoms with van der Waals surface area (Å²) in [7, 11) is 0. The van der Waals surface area contributed by atoms with Crippen LogP contribution in [0.3, 0.4) is 0 Å². The molecule has 1 N–H and O–H groups in total. The quantitative estimate of drug-likeness (QED) is 0.505. The van der Waals surface area contributed by atoms with Crippen LogP contribution in [0.1, 0.15) is 2.85 Å². The van der Waals surface area contributed by atoms with E-state index in [2.05, 4.69) is 0 Å². The molecule has 0 bridgehead atoms. The SMILES string of the molecule is O=C(O)C(F)(F)Br.[H-].[H-].[Mg+2]. The van der Waals surface area contributed by atoms with Gasteiger partial charge in [-0.15, -0.1) is 0 Å². The summed E-state index contributed by atoms with van der Waals surface area (Å²) in [4.78, 5) is 5.45. The molecular weight excluding hydrogens is 198 g/mol. The van der Waals surface area contributed by atoms with Gasteiger partial charge in [0.2, 0.25) is 0 Å². The van der Waals surface area contributed by atoms with E-state index >= 15 is 0 Å². The molecule has 46 valence electrons. The van der Waals surface area contributed by atoms with Gasteiger partial charge in [-0.2, -0.15) is 8.78 Å². The molecule has 0 aliphatic rings. The van der Waals surface area contributed by atoms with Crippen molar-refractivity contribution < 1.29 is 21.5 Å². The molecule has 0 aliphatic heterocycles. The Kier molecular flexibility index (Phi) is 5.08. The molecule has 0 saturated heterocycles. The summed E-state index contributed by atoms with van der Waals surface area (Å²) in [6.07, 6.45) is 0. The van der Waals surface area contributed by atoms with E-state index in [0.717, 1.165) is 0 Å². The summed E-state index contributed by atoms with van der Waals surface area (Å²) in [6.45, 7) is 0. The average Bonchev–Trinajstić information content (AvgIpc) is 1.31. The number of carbonyl (C=O) groups is 1. The van der Waals surface area contributed by atoms with Gasteiger partial charge in [0.15, 0.2) is 0 Å². The molecule has 0 aromatic heterocycles. The Morgan fingerprint density at radius 3 is 1.88 bits per heavy atom. The zero-order valence-electron chi connectivity index (χ0n) is 5.70. The smallest absolute Gasteiger partial charge is 1.00 e. The van der Waals surface area contributed by atoms with Crippen LogP contribution in [-0.4, -0.2) is 39.0 Å². The summed E-state index contributed by atoms with van der Waals surface area (Å²) in [5.74, 6) is -2.17. The molecule has 0 unspecified atom stereocenters. The van der Waals surface area contributed by atoms with E-state index in [0.29, 0.717) is 0 Å². The summed E-state index contributed by atoms with van der Waals surface area (Å²) in [5, 5.41) is 7.45. The van der Waals surface area contributed by atoms with Gasteiger partial charge in [-0.05, 0) is 0 Å². The second kappa shape index (κ2) is 3.57. The minimum Gasteiger partial charge on any atom is -1.00 e. The molecule has 0 aromatic carbocycles. The molecule has 0 aliphatic carbocycles. The maximum absolute atomic E-state index is 11.2. The first-order chi connectivity index (χ1) is 2.94. The predicted octanol–water partition coefficient (Wildman–Crippen LogP) is 0.903. The monoisotopic (exact) mass is 200 g/mol. The molecular formula is C2H3BrF2MgO2. The third kappa shape index (κ3) is 4.73. The Morgan fingerprint density at radius 2 is 1.88 bits per heavy atom. The molecule has 0 amide bonds. The van der Waals surface area contributed by atoms with Crippen molar-refractivity contribution in [2.45, 2.75) is 4.83 Å². The predicted molar refractivity (Wildman–Crippen MR) is 29.5 cm³/mol. The molecule has 8 heavy (non-hydrogen) atoms. The van der Waals surface area contributed by atoms with Crippen molar-refractivity contribution in [1.29, 1.82) is 0 Å². The maximum atomic E-state index is 11.2. The van der Waals surface area contributed by atoms with Crippen LogP contribution in [0.5, 0.6) is 0 Å². The number of aliphatic carboxylic acids is 1. The third-order valence-corrected chi connectivity index (χ3v) is 0.582. The number of hydrogen-bond acceptors (Lipinski definition) is 1. The van der Waals surface area contributed by atoms with E-state index in [-0.39, 0.29) is 25.9 Å². The number of rotatable bonds is 1. The minimum absolute atomic E-state index is 0. The van der Waals surface area contributed by atoms with Crippen LogP contribution >= 0.6 is 15.9 Å². The summed E-state index contributed by atoms with van der Waals surface area (Å²) in [6, 6.07) is 0. The van der Waals surface area contributed by atoms with Crippen molar-refractivity contribution in [1.82, 2.24) is 0 Å². The Labute approximate surface area is 71.5 Å². The third-order valence-electron chi connectivity index (χ3n) is 0.243. The van der Waals surface area contributed by atoms with Crippen LogP contribution in [0.2, 0.25) is 0 Å². The first-order valence-electron chi connectivity index (χ1n) is 1.24. The first-order valence-corrected chi connectivity index (χ1v) is 2.04. The van der Waals surface area contributed by atoms with E-state index in [1.165, 1.54) is 0 Å². The van der Waals surface area contributed by atoms with E-state index < -0.39 is 10.8 Å². The van der Waals surface area contributed by atoms with Crippen LogP contribution in [0.15, 0.2) is 0 Å². The molecule has 0 saturated carbocycles. The van der Waals surface area contributed by atoms with Gasteiger partial charge in [-0.3, -0.25) is 0 Å². The van der Waals surface area contributed by atoms with Gasteiger partial charge in [0, 0.05) is 15.9 Å². The molecule has 0 spiro atoms. The Morgan fingerprint density at radius 1 is 1.75 bits per heavy atom. The van der Waals surface area contributed by atoms with Gasteiger partial charge in [0.25, 0.3) is 0 Å². The second-order valence-corrected chi connectivity index (χ2v) is 1.80. The van der Waals surface area contributed by atoms with E-state index in [1.54, 1.807) is 15.9 Å². The van der Waals surface area contributed by atoms with Gasteiger partial charge in [-0.25, -0.2) is 4.79 Å². The van der Waals surface area contributed by atoms with Crippen molar-refractivity contribution in [3.8, 4) is 0 Å². The van der Waals surface area contributed by atoms with Crippen LogP contribution in [0, 0.1) is 0 Å². The van der Waals surface area contributed by atoms with Gasteiger partial charge in [0.1, 0.15) is 0 Å². The largest absolute Gasteiger partial charge is 2.00 e. The van der Waals surface area contributed by atoms with Crippen LogP contribution in [0.25, 0.3) is 0 Å². The molecule has 0 radical (unpaired) electrons. The fourth-order valence-corrected chi connectivity index (χ4v) is 0. The zero-order valence-corrected chi connectivity index (χ0v) is 6.70. The molecule has 0 aromatic rings. The number of hydrogen-bond donors (Lipinski definition) is 1. The van der Waals surface area contributed by atoms with Gasteiger partial charge >= 0.3 is 33.9 Å². The average molecular weight is 201 g/mol. The van der Waals surface area contributed by atoms with Crippen LogP contribution in [-0.2, 0) is 4.79 Å². The van der Waals surface area contributed by atoms with Crippen LogP contribution in [0.4, 0.5) is 8.78 Å². The maximum Gasteiger partial charge on any atom is 2.00 e. The second-order valence-electron chi connectivity index (χ2n) is 0.803. The van der Waals surface area contributed by atoms with Crippen molar-refractivity contribution in [2.75, 3.05) is 0 Å². The van der Waals surface area contributed by atoms with Crippen molar-refractivity contribution in [3.05, 3.63) is 0 Å². The number of carboxylic acids is 1. The zero-order chi connectivity index (χ0) is 6.08. The van der Waals surface area contributed by atoms with Crippen molar-refractivity contribution >= 4 is 45.0 Å². The number of alkyl halides is 3. The Balaban J connectivity index is -0.0000000600. The molecule has 6 heteroatoms.